The minimum absolute atomic E-state index is 0.223. The van der Waals surface area contributed by atoms with Crippen LogP contribution in [0, 0.1) is 6.92 Å². The lowest BCUT2D eigenvalue weighted by atomic mass is 10.2. The van der Waals surface area contributed by atoms with Crippen molar-refractivity contribution in [3.63, 3.8) is 0 Å². The molecule has 140 valence electrons. The molecule has 2 fully saturated rings. The van der Waals surface area contributed by atoms with Crippen LogP contribution >= 0.6 is 11.8 Å². The molecule has 0 unspecified atom stereocenters. The zero-order valence-corrected chi connectivity index (χ0v) is 15.9. The number of thioether (sulfide) groups is 1. The SMILES string of the molecule is Cc1ccc(N2CCN(CN3C(=O)S/C(=C\c4ccco4)C3=O)CC2)cc1. The molecule has 7 heteroatoms. The molecule has 1 aromatic carbocycles. The second-order valence-corrected chi connectivity index (χ2v) is 7.70. The number of imide groups is 1. The van der Waals surface area contributed by atoms with Gasteiger partial charge in [0.2, 0.25) is 0 Å². The van der Waals surface area contributed by atoms with Crippen LogP contribution in [0.25, 0.3) is 6.08 Å². The third-order valence-electron chi connectivity index (χ3n) is 4.80. The number of amides is 2. The topological polar surface area (TPSA) is 57.0 Å². The van der Waals surface area contributed by atoms with Crippen LogP contribution in [0.15, 0.2) is 52.0 Å². The van der Waals surface area contributed by atoms with Crippen LogP contribution < -0.4 is 4.90 Å². The van der Waals surface area contributed by atoms with Crippen molar-refractivity contribution >= 4 is 34.7 Å². The van der Waals surface area contributed by atoms with E-state index in [-0.39, 0.29) is 11.1 Å². The first-order chi connectivity index (χ1) is 13.1. The van der Waals surface area contributed by atoms with E-state index in [0.717, 1.165) is 37.9 Å². The fourth-order valence-electron chi connectivity index (χ4n) is 3.23. The first kappa shape index (κ1) is 17.9. The number of hydrogen-bond acceptors (Lipinski definition) is 6. The molecule has 0 radical (unpaired) electrons. The lowest BCUT2D eigenvalue weighted by Gasteiger charge is -2.37. The summed E-state index contributed by atoms with van der Waals surface area (Å²) in [5, 5.41) is -0.223. The number of nitrogens with zero attached hydrogens (tertiary/aromatic N) is 3. The van der Waals surface area contributed by atoms with Gasteiger partial charge in [-0.1, -0.05) is 17.7 Å². The van der Waals surface area contributed by atoms with Crippen LogP contribution in [0.4, 0.5) is 10.5 Å². The largest absolute Gasteiger partial charge is 0.465 e. The summed E-state index contributed by atoms with van der Waals surface area (Å²) in [6.07, 6.45) is 3.17. The lowest BCUT2D eigenvalue weighted by Crippen LogP contribution is -2.50. The Morgan fingerprint density at radius 2 is 1.81 bits per heavy atom. The molecule has 2 aromatic rings. The van der Waals surface area contributed by atoms with Gasteiger partial charge in [0.1, 0.15) is 5.76 Å². The van der Waals surface area contributed by atoms with Crippen LogP contribution in [0.5, 0.6) is 0 Å². The lowest BCUT2D eigenvalue weighted by molar-refractivity contribution is -0.124. The van der Waals surface area contributed by atoms with Gasteiger partial charge in [-0.2, -0.15) is 0 Å². The Labute approximate surface area is 162 Å². The molecule has 1 aromatic heterocycles. The number of piperazine rings is 1. The fourth-order valence-corrected chi connectivity index (χ4v) is 4.04. The van der Waals surface area contributed by atoms with E-state index in [4.69, 9.17) is 4.42 Å². The summed E-state index contributed by atoms with van der Waals surface area (Å²) in [6, 6.07) is 12.0. The Morgan fingerprint density at radius 1 is 1.07 bits per heavy atom. The van der Waals surface area contributed by atoms with Gasteiger partial charge < -0.3 is 9.32 Å². The summed E-state index contributed by atoms with van der Waals surface area (Å²) >= 11 is 0.969. The van der Waals surface area contributed by atoms with Gasteiger partial charge >= 0.3 is 0 Å². The van der Waals surface area contributed by atoms with Crippen molar-refractivity contribution in [1.29, 1.82) is 0 Å². The van der Waals surface area contributed by atoms with Gasteiger partial charge in [-0.25, -0.2) is 0 Å². The number of furan rings is 1. The van der Waals surface area contributed by atoms with Crippen molar-refractivity contribution in [3.05, 3.63) is 58.9 Å². The summed E-state index contributed by atoms with van der Waals surface area (Å²) in [7, 11) is 0. The quantitative estimate of drug-likeness (QED) is 0.754. The number of rotatable bonds is 4. The van der Waals surface area contributed by atoms with Crippen molar-refractivity contribution in [1.82, 2.24) is 9.80 Å². The van der Waals surface area contributed by atoms with E-state index >= 15 is 0 Å². The van der Waals surface area contributed by atoms with Crippen molar-refractivity contribution < 1.29 is 14.0 Å². The predicted molar refractivity (Wildman–Crippen MR) is 106 cm³/mol. The van der Waals surface area contributed by atoms with E-state index in [1.165, 1.54) is 16.2 Å². The highest BCUT2D eigenvalue weighted by Crippen LogP contribution is 2.32. The number of benzene rings is 1. The second-order valence-electron chi connectivity index (χ2n) is 6.71. The minimum atomic E-state index is -0.248. The van der Waals surface area contributed by atoms with Crippen LogP contribution in [0.1, 0.15) is 11.3 Å². The van der Waals surface area contributed by atoms with Gasteiger partial charge in [0, 0.05) is 37.9 Å². The zero-order valence-electron chi connectivity index (χ0n) is 15.1. The Morgan fingerprint density at radius 3 is 2.48 bits per heavy atom. The van der Waals surface area contributed by atoms with Gasteiger partial charge in [-0.3, -0.25) is 19.4 Å². The third-order valence-corrected chi connectivity index (χ3v) is 5.71. The maximum atomic E-state index is 12.6. The highest BCUT2D eigenvalue weighted by Gasteiger charge is 2.36. The molecule has 2 amide bonds. The summed E-state index contributed by atoms with van der Waals surface area (Å²) in [4.78, 5) is 31.1. The molecule has 27 heavy (non-hydrogen) atoms. The average Bonchev–Trinajstić information content (AvgIpc) is 3.27. The Hall–Kier alpha value is -2.51. The van der Waals surface area contributed by atoms with Crippen molar-refractivity contribution in [2.45, 2.75) is 6.92 Å². The molecule has 3 heterocycles. The molecule has 4 rings (SSSR count). The summed E-state index contributed by atoms with van der Waals surface area (Å²) in [6.45, 7) is 5.79. The molecule has 0 bridgehead atoms. The fraction of sp³-hybridized carbons (Fsp3) is 0.300. The van der Waals surface area contributed by atoms with Crippen molar-refractivity contribution in [2.75, 3.05) is 37.7 Å². The molecule has 0 aliphatic carbocycles. The standard InChI is InChI=1S/C20H21N3O3S/c1-15-4-6-16(7-5-15)22-10-8-21(9-11-22)14-23-19(24)18(27-20(23)25)13-17-3-2-12-26-17/h2-7,12-13H,8-11,14H2,1H3/b18-13-. The van der Waals surface area contributed by atoms with E-state index in [1.54, 1.807) is 24.5 Å². The summed E-state index contributed by atoms with van der Waals surface area (Å²) < 4.78 is 5.24. The molecule has 0 N–H and O–H groups in total. The molecular weight excluding hydrogens is 362 g/mol. The minimum Gasteiger partial charge on any atom is -0.465 e. The zero-order chi connectivity index (χ0) is 18.8. The van der Waals surface area contributed by atoms with Crippen molar-refractivity contribution in [3.8, 4) is 0 Å². The summed E-state index contributed by atoms with van der Waals surface area (Å²) in [5.74, 6) is 0.328. The maximum Gasteiger partial charge on any atom is 0.294 e. The van der Waals surface area contributed by atoms with Gasteiger partial charge in [0.25, 0.3) is 11.1 Å². The molecule has 0 saturated carbocycles. The second kappa shape index (κ2) is 7.62. The average molecular weight is 383 g/mol. The summed E-state index contributed by atoms with van der Waals surface area (Å²) in [5.41, 5.74) is 2.46. The normalized spacial score (nSPS) is 20.1. The van der Waals surface area contributed by atoms with Crippen LogP contribution in [-0.2, 0) is 4.79 Å². The number of carbonyl (C=O) groups is 2. The molecule has 2 saturated heterocycles. The van der Waals surface area contributed by atoms with Crippen LogP contribution in [0.2, 0.25) is 0 Å². The smallest absolute Gasteiger partial charge is 0.294 e. The molecule has 2 aliphatic rings. The van der Waals surface area contributed by atoms with Crippen LogP contribution in [0.3, 0.4) is 0 Å². The van der Waals surface area contributed by atoms with Gasteiger partial charge in [0.05, 0.1) is 17.8 Å². The highest BCUT2D eigenvalue weighted by molar-refractivity contribution is 8.18. The van der Waals surface area contributed by atoms with E-state index in [1.807, 2.05) is 0 Å². The predicted octanol–water partition coefficient (Wildman–Crippen LogP) is 3.40. The van der Waals surface area contributed by atoms with Gasteiger partial charge in [-0.05, 0) is 43.0 Å². The monoisotopic (exact) mass is 383 g/mol. The Kier molecular flexibility index (Phi) is 5.05. The Bertz CT molecular complexity index is 853. The first-order valence-corrected chi connectivity index (χ1v) is 9.75. The van der Waals surface area contributed by atoms with E-state index in [0.29, 0.717) is 17.3 Å². The van der Waals surface area contributed by atoms with E-state index in [9.17, 15) is 9.59 Å². The van der Waals surface area contributed by atoms with Crippen molar-refractivity contribution in [2.24, 2.45) is 0 Å². The van der Waals surface area contributed by atoms with E-state index in [2.05, 4.69) is 41.0 Å². The molecular formula is C20H21N3O3S. The molecule has 0 spiro atoms. The highest BCUT2D eigenvalue weighted by atomic mass is 32.2. The number of aryl methyl sites for hydroxylation is 1. The number of hydrogen-bond donors (Lipinski definition) is 0. The van der Waals surface area contributed by atoms with Gasteiger partial charge in [0.15, 0.2) is 0 Å². The maximum absolute atomic E-state index is 12.6. The Balaban J connectivity index is 1.35. The van der Waals surface area contributed by atoms with Gasteiger partial charge in [-0.15, -0.1) is 0 Å². The molecule has 2 aliphatic heterocycles. The molecule has 6 nitrogen and oxygen atoms in total. The molecule has 0 atom stereocenters. The van der Waals surface area contributed by atoms with E-state index < -0.39 is 0 Å². The third kappa shape index (κ3) is 3.94. The first-order valence-electron chi connectivity index (χ1n) is 8.93. The number of anilines is 1. The number of carbonyl (C=O) groups excluding carboxylic acids is 2. The van der Waals surface area contributed by atoms with Crippen LogP contribution in [-0.4, -0.2) is 53.8 Å².